The smallest absolute Gasteiger partial charge is 0.177 e. The minimum absolute atomic E-state index is 0.357. The van der Waals surface area contributed by atoms with E-state index in [0.29, 0.717) is 17.5 Å². The zero-order valence-electron chi connectivity index (χ0n) is 9.84. The van der Waals surface area contributed by atoms with Crippen LogP contribution in [0.5, 0.6) is 0 Å². The van der Waals surface area contributed by atoms with Crippen LogP contribution in [0.25, 0.3) is 0 Å². The Kier molecular flexibility index (Phi) is 3.45. The molecule has 3 rings (SSSR count). The van der Waals surface area contributed by atoms with Crippen molar-refractivity contribution in [2.45, 2.75) is 17.5 Å². The highest BCUT2D eigenvalue weighted by Gasteiger charge is 2.06. The second-order valence-corrected chi connectivity index (χ2v) is 4.65. The van der Waals surface area contributed by atoms with Gasteiger partial charge in [-0.25, -0.2) is 0 Å². The van der Waals surface area contributed by atoms with Crippen molar-refractivity contribution in [3.8, 4) is 0 Å². The van der Waals surface area contributed by atoms with E-state index >= 15 is 0 Å². The lowest BCUT2D eigenvalue weighted by atomic mass is 10.2. The number of nitrogens with zero attached hydrogens (tertiary/aromatic N) is 7. The number of aromatic amines is 1. The Hall–Kier alpha value is -2.29. The van der Waals surface area contributed by atoms with Crippen LogP contribution in [0.3, 0.4) is 0 Å². The molecular formula is C10H10N8S. The lowest BCUT2D eigenvalue weighted by molar-refractivity contribution is 0.551. The van der Waals surface area contributed by atoms with Crippen molar-refractivity contribution in [3.05, 3.63) is 41.7 Å². The van der Waals surface area contributed by atoms with E-state index in [0.717, 1.165) is 5.75 Å². The highest BCUT2D eigenvalue weighted by Crippen LogP contribution is 2.17. The van der Waals surface area contributed by atoms with E-state index in [-0.39, 0.29) is 0 Å². The molecule has 0 bridgehead atoms. The molecule has 0 saturated heterocycles. The van der Waals surface area contributed by atoms with Gasteiger partial charge in [0.15, 0.2) is 5.82 Å². The third-order valence-electron chi connectivity index (χ3n) is 2.32. The lowest BCUT2D eigenvalue weighted by Gasteiger charge is -1.96. The summed E-state index contributed by atoms with van der Waals surface area (Å²) < 4.78 is 0. The average molecular weight is 274 g/mol. The molecule has 0 spiro atoms. The van der Waals surface area contributed by atoms with E-state index in [1.165, 1.54) is 22.1 Å². The van der Waals surface area contributed by atoms with Gasteiger partial charge < -0.3 is 0 Å². The molecule has 0 unspecified atom stereocenters. The second kappa shape index (κ2) is 5.57. The predicted molar refractivity (Wildman–Crippen MR) is 67.1 cm³/mol. The van der Waals surface area contributed by atoms with Crippen LogP contribution >= 0.6 is 11.8 Å². The van der Waals surface area contributed by atoms with Crippen LogP contribution in [0.1, 0.15) is 11.4 Å². The van der Waals surface area contributed by atoms with Crippen LogP contribution < -0.4 is 0 Å². The van der Waals surface area contributed by atoms with Crippen LogP contribution in [-0.2, 0) is 12.3 Å². The molecule has 2 aromatic heterocycles. The minimum atomic E-state index is 0.357. The Morgan fingerprint density at radius 2 is 2.05 bits per heavy atom. The first-order valence-corrected chi connectivity index (χ1v) is 6.55. The largest absolute Gasteiger partial charge is 0.231 e. The molecule has 3 aromatic rings. The molecule has 0 fully saturated rings. The lowest BCUT2D eigenvalue weighted by Crippen LogP contribution is -2.05. The summed E-state index contributed by atoms with van der Waals surface area (Å²) in [5.41, 5.74) is 1.22. The number of hydrogen-bond acceptors (Lipinski definition) is 7. The predicted octanol–water partition coefficient (Wildman–Crippen LogP) is 0.527. The number of nitrogens with one attached hydrogen (secondary N) is 1. The van der Waals surface area contributed by atoms with Crippen molar-refractivity contribution in [2.75, 3.05) is 0 Å². The van der Waals surface area contributed by atoms with E-state index in [9.17, 15) is 0 Å². The van der Waals surface area contributed by atoms with Crippen LogP contribution in [0.15, 0.2) is 35.5 Å². The van der Waals surface area contributed by atoms with Crippen molar-refractivity contribution in [3.63, 3.8) is 0 Å². The molecule has 0 radical (unpaired) electrons. The van der Waals surface area contributed by atoms with Crippen molar-refractivity contribution in [2.24, 2.45) is 0 Å². The Morgan fingerprint density at radius 3 is 2.84 bits per heavy atom. The van der Waals surface area contributed by atoms with Gasteiger partial charge >= 0.3 is 0 Å². The molecule has 8 nitrogen and oxygen atoms in total. The number of tetrazole rings is 2. The number of hydrogen-bond donors (Lipinski definition) is 1. The Bertz CT molecular complexity index is 620. The van der Waals surface area contributed by atoms with Gasteiger partial charge in [0.05, 0.1) is 0 Å². The summed E-state index contributed by atoms with van der Waals surface area (Å²) in [6.45, 7) is 0.357. The van der Waals surface area contributed by atoms with Crippen LogP contribution in [0, 0.1) is 0 Å². The van der Waals surface area contributed by atoms with E-state index in [2.05, 4.69) is 48.2 Å². The molecule has 19 heavy (non-hydrogen) atoms. The number of thioether (sulfide) groups is 1. The van der Waals surface area contributed by atoms with Gasteiger partial charge in [-0.3, -0.25) is 0 Å². The second-order valence-electron chi connectivity index (χ2n) is 3.70. The topological polar surface area (TPSA) is 98.1 Å². The van der Waals surface area contributed by atoms with Gasteiger partial charge in [-0.2, -0.15) is 10.0 Å². The molecule has 0 atom stereocenters. The Labute approximate surface area is 112 Å². The summed E-state index contributed by atoms with van der Waals surface area (Å²) in [5.74, 6) is 1.34. The maximum atomic E-state index is 4.24. The fourth-order valence-corrected chi connectivity index (χ4v) is 2.19. The van der Waals surface area contributed by atoms with Gasteiger partial charge in [0.2, 0.25) is 5.16 Å². The summed E-state index contributed by atoms with van der Waals surface area (Å²) >= 11 is 1.54. The monoisotopic (exact) mass is 274 g/mol. The summed E-state index contributed by atoms with van der Waals surface area (Å²) in [5, 5.41) is 26.3. The normalized spacial score (nSPS) is 10.7. The Balaban J connectivity index is 1.59. The zero-order valence-corrected chi connectivity index (χ0v) is 10.7. The first kappa shape index (κ1) is 11.8. The molecule has 0 aliphatic carbocycles. The summed E-state index contributed by atoms with van der Waals surface area (Å²) in [7, 11) is 0. The third-order valence-corrected chi connectivity index (χ3v) is 3.22. The molecule has 0 aliphatic rings. The van der Waals surface area contributed by atoms with Crippen molar-refractivity contribution >= 4 is 11.8 Å². The maximum Gasteiger partial charge on any atom is 0.231 e. The first-order chi connectivity index (χ1) is 9.40. The molecular weight excluding hydrogens is 264 g/mol. The van der Waals surface area contributed by atoms with E-state index in [1.54, 1.807) is 0 Å². The number of H-pyrrole nitrogens is 1. The standard InChI is InChI=1S/C10H10N8S/c1-2-4-8(5-3-1)7-19-10-13-17-18(14-10)6-9-11-15-16-12-9/h1-5H,6-7H2,(H,11,12,15,16). The quantitative estimate of drug-likeness (QED) is 0.677. The number of aromatic nitrogens is 8. The highest BCUT2D eigenvalue weighted by molar-refractivity contribution is 7.98. The number of rotatable bonds is 5. The molecule has 0 aliphatic heterocycles. The summed E-state index contributed by atoms with van der Waals surface area (Å²) in [6.07, 6.45) is 0. The molecule has 96 valence electrons. The molecule has 0 saturated carbocycles. The van der Waals surface area contributed by atoms with E-state index in [1.807, 2.05) is 18.2 Å². The van der Waals surface area contributed by atoms with Crippen LogP contribution in [0.2, 0.25) is 0 Å². The Morgan fingerprint density at radius 1 is 1.16 bits per heavy atom. The minimum Gasteiger partial charge on any atom is -0.177 e. The first-order valence-electron chi connectivity index (χ1n) is 5.57. The van der Waals surface area contributed by atoms with Crippen molar-refractivity contribution in [1.82, 2.24) is 40.8 Å². The summed E-state index contributed by atoms with van der Waals surface area (Å²) in [4.78, 5) is 1.44. The molecule has 2 heterocycles. The summed E-state index contributed by atoms with van der Waals surface area (Å²) in [6, 6.07) is 10.1. The van der Waals surface area contributed by atoms with Gasteiger partial charge in [-0.15, -0.1) is 20.4 Å². The highest BCUT2D eigenvalue weighted by atomic mass is 32.2. The van der Waals surface area contributed by atoms with E-state index < -0.39 is 0 Å². The van der Waals surface area contributed by atoms with Crippen LogP contribution in [-0.4, -0.2) is 40.8 Å². The molecule has 9 heteroatoms. The fourth-order valence-electron chi connectivity index (χ4n) is 1.45. The average Bonchev–Trinajstić information content (AvgIpc) is 3.10. The van der Waals surface area contributed by atoms with Crippen molar-refractivity contribution in [1.29, 1.82) is 0 Å². The zero-order chi connectivity index (χ0) is 12.9. The number of benzene rings is 1. The molecule has 0 amide bonds. The van der Waals surface area contributed by atoms with Crippen molar-refractivity contribution < 1.29 is 0 Å². The fraction of sp³-hybridized carbons (Fsp3) is 0.200. The maximum absolute atomic E-state index is 4.24. The van der Waals surface area contributed by atoms with Gasteiger partial charge in [-0.05, 0) is 10.8 Å². The van der Waals surface area contributed by atoms with Gasteiger partial charge in [0.25, 0.3) is 0 Å². The van der Waals surface area contributed by atoms with Gasteiger partial charge in [0.1, 0.15) is 6.54 Å². The molecule has 1 N–H and O–H groups in total. The van der Waals surface area contributed by atoms with Gasteiger partial charge in [-0.1, -0.05) is 47.3 Å². The van der Waals surface area contributed by atoms with Crippen LogP contribution in [0.4, 0.5) is 0 Å². The molecule has 1 aromatic carbocycles. The van der Waals surface area contributed by atoms with Gasteiger partial charge in [0, 0.05) is 5.75 Å². The van der Waals surface area contributed by atoms with E-state index in [4.69, 9.17) is 0 Å². The SMILES string of the molecule is c1ccc(CSc2nnn(Cc3nn[nH]n3)n2)cc1. The third kappa shape index (κ3) is 3.13.